The number of hydrogen-bond acceptors (Lipinski definition) is 2. The summed E-state index contributed by atoms with van der Waals surface area (Å²) < 4.78 is 7.32. The Morgan fingerprint density at radius 2 is 1.95 bits per heavy atom. The number of ether oxygens (including phenoxy) is 1. The molecule has 3 rings (SSSR count). The molecule has 0 saturated carbocycles. The molecule has 20 heavy (non-hydrogen) atoms. The summed E-state index contributed by atoms with van der Waals surface area (Å²) in [6, 6.07) is 15.0. The average molecular weight is 332 g/mol. The highest BCUT2D eigenvalue weighted by Gasteiger charge is 2.29. The van der Waals surface area contributed by atoms with Crippen LogP contribution in [0.1, 0.15) is 35.3 Å². The number of nitrogens with one attached hydrogen (secondary N) is 1. The van der Waals surface area contributed by atoms with E-state index in [0.29, 0.717) is 6.04 Å². The van der Waals surface area contributed by atoms with Crippen LogP contribution in [-0.4, -0.2) is 7.05 Å². The van der Waals surface area contributed by atoms with Crippen molar-refractivity contribution >= 4 is 15.9 Å². The second-order valence-corrected chi connectivity index (χ2v) is 6.10. The monoisotopic (exact) mass is 331 g/mol. The van der Waals surface area contributed by atoms with Gasteiger partial charge in [0, 0.05) is 28.1 Å². The van der Waals surface area contributed by atoms with Crippen LogP contribution in [0.2, 0.25) is 0 Å². The minimum Gasteiger partial charge on any atom is -0.485 e. The van der Waals surface area contributed by atoms with E-state index in [1.165, 1.54) is 16.7 Å². The van der Waals surface area contributed by atoms with E-state index in [2.05, 4.69) is 58.5 Å². The van der Waals surface area contributed by atoms with Crippen LogP contribution in [0.4, 0.5) is 0 Å². The summed E-state index contributed by atoms with van der Waals surface area (Å²) in [6.07, 6.45) is 1.02. The van der Waals surface area contributed by atoms with Crippen LogP contribution in [0.15, 0.2) is 46.9 Å². The average Bonchev–Trinajstić information content (AvgIpc) is 2.46. The number of aryl methyl sites for hydroxylation is 1. The largest absolute Gasteiger partial charge is 0.485 e. The molecule has 0 saturated heterocycles. The van der Waals surface area contributed by atoms with Crippen LogP contribution < -0.4 is 10.1 Å². The lowest BCUT2D eigenvalue weighted by Crippen LogP contribution is -2.26. The maximum absolute atomic E-state index is 6.20. The van der Waals surface area contributed by atoms with Gasteiger partial charge in [-0.25, -0.2) is 0 Å². The van der Waals surface area contributed by atoms with E-state index in [4.69, 9.17) is 4.74 Å². The van der Waals surface area contributed by atoms with Gasteiger partial charge in [0.05, 0.1) is 0 Å². The molecule has 2 aromatic rings. The Kier molecular flexibility index (Phi) is 3.81. The Morgan fingerprint density at radius 3 is 2.70 bits per heavy atom. The molecular weight excluding hydrogens is 314 g/mol. The Bertz CT molecular complexity index is 626. The zero-order valence-electron chi connectivity index (χ0n) is 11.7. The Morgan fingerprint density at radius 1 is 1.15 bits per heavy atom. The molecule has 0 amide bonds. The zero-order valence-corrected chi connectivity index (χ0v) is 13.3. The minimum absolute atomic E-state index is 0.0809. The predicted molar refractivity (Wildman–Crippen MR) is 85.1 cm³/mol. The van der Waals surface area contributed by atoms with E-state index in [9.17, 15) is 0 Å². The van der Waals surface area contributed by atoms with Crippen molar-refractivity contribution in [2.45, 2.75) is 25.5 Å². The number of fused-ring (bicyclic) bond motifs is 1. The lowest BCUT2D eigenvalue weighted by molar-refractivity contribution is 0.153. The summed E-state index contributed by atoms with van der Waals surface area (Å²) in [4.78, 5) is 0. The van der Waals surface area contributed by atoms with Crippen molar-refractivity contribution in [3.63, 3.8) is 0 Å². The molecule has 0 aromatic heterocycles. The van der Waals surface area contributed by atoms with Crippen LogP contribution in [0.5, 0.6) is 5.75 Å². The fourth-order valence-corrected chi connectivity index (χ4v) is 3.52. The summed E-state index contributed by atoms with van der Waals surface area (Å²) in [5.74, 6) is 0.982. The zero-order chi connectivity index (χ0) is 14.1. The van der Waals surface area contributed by atoms with E-state index >= 15 is 0 Å². The SMILES string of the molecule is CNC1CC(c2ccc(C)cc2Br)Oc2ccccc21. The van der Waals surface area contributed by atoms with Gasteiger partial charge in [-0.1, -0.05) is 46.3 Å². The lowest BCUT2D eigenvalue weighted by atomic mass is 9.93. The molecular formula is C17H18BrNO. The minimum atomic E-state index is 0.0809. The Balaban J connectivity index is 1.97. The summed E-state index contributed by atoms with van der Waals surface area (Å²) >= 11 is 3.66. The molecule has 2 aromatic carbocycles. The molecule has 1 N–H and O–H groups in total. The normalized spacial score (nSPS) is 21.1. The van der Waals surface area contributed by atoms with Crippen molar-refractivity contribution in [3.05, 3.63) is 63.6 Å². The van der Waals surface area contributed by atoms with E-state index in [1.54, 1.807) is 0 Å². The van der Waals surface area contributed by atoms with E-state index in [1.807, 2.05) is 19.2 Å². The van der Waals surface area contributed by atoms with Gasteiger partial charge < -0.3 is 10.1 Å². The van der Waals surface area contributed by atoms with Crippen LogP contribution >= 0.6 is 15.9 Å². The molecule has 2 atom stereocenters. The van der Waals surface area contributed by atoms with Crippen molar-refractivity contribution in [2.75, 3.05) is 7.05 Å². The van der Waals surface area contributed by atoms with Gasteiger partial charge in [0.25, 0.3) is 0 Å². The second kappa shape index (κ2) is 5.58. The summed E-state index contributed by atoms with van der Waals surface area (Å²) in [5.41, 5.74) is 3.71. The first-order chi connectivity index (χ1) is 9.69. The van der Waals surface area contributed by atoms with Crippen LogP contribution in [0.3, 0.4) is 0 Å². The number of benzene rings is 2. The first kappa shape index (κ1) is 13.7. The van der Waals surface area contributed by atoms with Gasteiger partial charge in [0.15, 0.2) is 0 Å². The fraction of sp³-hybridized carbons (Fsp3) is 0.294. The first-order valence-corrected chi connectivity index (χ1v) is 7.67. The molecule has 1 aliphatic rings. The Hall–Kier alpha value is -1.32. The molecule has 1 aliphatic heterocycles. The number of halogens is 1. The lowest BCUT2D eigenvalue weighted by Gasteiger charge is -2.32. The molecule has 0 aliphatic carbocycles. The van der Waals surface area contributed by atoms with Crippen molar-refractivity contribution < 1.29 is 4.74 Å². The van der Waals surface area contributed by atoms with E-state index in [0.717, 1.165) is 16.6 Å². The third-order valence-electron chi connectivity index (χ3n) is 3.86. The maximum Gasteiger partial charge on any atom is 0.127 e. The number of rotatable bonds is 2. The van der Waals surface area contributed by atoms with Crippen molar-refractivity contribution in [1.82, 2.24) is 5.32 Å². The quantitative estimate of drug-likeness (QED) is 0.872. The van der Waals surface area contributed by atoms with E-state index in [-0.39, 0.29) is 6.10 Å². The van der Waals surface area contributed by atoms with Crippen molar-refractivity contribution in [3.8, 4) is 5.75 Å². The molecule has 2 nitrogen and oxygen atoms in total. The molecule has 0 radical (unpaired) electrons. The van der Waals surface area contributed by atoms with Crippen molar-refractivity contribution in [2.24, 2.45) is 0 Å². The van der Waals surface area contributed by atoms with Gasteiger partial charge in [-0.2, -0.15) is 0 Å². The molecule has 1 heterocycles. The van der Waals surface area contributed by atoms with E-state index < -0.39 is 0 Å². The molecule has 104 valence electrons. The van der Waals surface area contributed by atoms with Gasteiger partial charge in [-0.3, -0.25) is 0 Å². The molecule has 3 heteroatoms. The fourth-order valence-electron chi connectivity index (χ4n) is 2.78. The summed E-state index contributed by atoms with van der Waals surface area (Å²) in [7, 11) is 2.01. The highest BCUT2D eigenvalue weighted by atomic mass is 79.9. The highest BCUT2D eigenvalue weighted by molar-refractivity contribution is 9.10. The molecule has 0 bridgehead atoms. The van der Waals surface area contributed by atoms with Gasteiger partial charge in [0.2, 0.25) is 0 Å². The van der Waals surface area contributed by atoms with Crippen molar-refractivity contribution in [1.29, 1.82) is 0 Å². The predicted octanol–water partition coefficient (Wildman–Crippen LogP) is 4.54. The number of hydrogen-bond donors (Lipinski definition) is 1. The Labute approximate surface area is 128 Å². The topological polar surface area (TPSA) is 21.3 Å². The second-order valence-electron chi connectivity index (χ2n) is 5.25. The van der Waals surface area contributed by atoms with Crippen LogP contribution in [-0.2, 0) is 0 Å². The first-order valence-electron chi connectivity index (χ1n) is 6.88. The number of para-hydroxylation sites is 1. The van der Waals surface area contributed by atoms with Gasteiger partial charge in [-0.15, -0.1) is 0 Å². The van der Waals surface area contributed by atoms with Crippen LogP contribution in [0.25, 0.3) is 0 Å². The standard InChI is InChI=1S/C17H18BrNO/c1-11-7-8-12(14(18)9-11)17-10-15(19-2)13-5-3-4-6-16(13)20-17/h3-9,15,17,19H,10H2,1-2H3. The van der Waals surface area contributed by atoms with Gasteiger partial charge in [-0.05, 0) is 31.7 Å². The highest BCUT2D eigenvalue weighted by Crippen LogP contribution is 2.42. The molecule has 0 fully saturated rings. The smallest absolute Gasteiger partial charge is 0.127 e. The van der Waals surface area contributed by atoms with Gasteiger partial charge >= 0.3 is 0 Å². The maximum atomic E-state index is 6.20. The van der Waals surface area contributed by atoms with Crippen LogP contribution in [0, 0.1) is 6.92 Å². The van der Waals surface area contributed by atoms with Gasteiger partial charge in [0.1, 0.15) is 11.9 Å². The molecule has 2 unspecified atom stereocenters. The summed E-state index contributed by atoms with van der Waals surface area (Å²) in [6.45, 7) is 2.10. The third-order valence-corrected chi connectivity index (χ3v) is 4.55. The molecule has 0 spiro atoms. The third kappa shape index (κ3) is 2.48. The summed E-state index contributed by atoms with van der Waals surface area (Å²) in [5, 5.41) is 3.40.